The molecule has 0 saturated carbocycles. The van der Waals surface area contributed by atoms with Crippen LogP contribution in [0.5, 0.6) is 0 Å². The van der Waals surface area contributed by atoms with E-state index in [-0.39, 0.29) is 11.7 Å². The SMILES string of the molecule is N#Cc1ccc(NC(=O)CSc2ncco2)cc1. The number of carbonyl (C=O) groups excluding carboxylic acids is 1. The van der Waals surface area contributed by atoms with E-state index in [1.165, 1.54) is 24.2 Å². The van der Waals surface area contributed by atoms with E-state index in [1.54, 1.807) is 24.3 Å². The van der Waals surface area contributed by atoms with Crippen LogP contribution in [0.1, 0.15) is 5.56 Å². The fraction of sp³-hybridized carbons (Fsp3) is 0.0833. The second kappa shape index (κ2) is 5.89. The van der Waals surface area contributed by atoms with Gasteiger partial charge in [0.15, 0.2) is 0 Å². The molecule has 0 aliphatic rings. The van der Waals surface area contributed by atoms with E-state index in [4.69, 9.17) is 9.68 Å². The Morgan fingerprint density at radius 2 is 2.22 bits per heavy atom. The number of carbonyl (C=O) groups is 1. The van der Waals surface area contributed by atoms with Crippen molar-refractivity contribution >= 4 is 23.4 Å². The van der Waals surface area contributed by atoms with Gasteiger partial charge in [-0.05, 0) is 24.3 Å². The van der Waals surface area contributed by atoms with Gasteiger partial charge >= 0.3 is 0 Å². The number of hydrogen-bond acceptors (Lipinski definition) is 5. The molecular formula is C12H9N3O2S. The number of nitriles is 1. The summed E-state index contributed by atoms with van der Waals surface area (Å²) in [5.41, 5.74) is 1.22. The lowest BCUT2D eigenvalue weighted by molar-refractivity contribution is -0.113. The van der Waals surface area contributed by atoms with Gasteiger partial charge in [0.2, 0.25) is 5.91 Å². The number of rotatable bonds is 4. The summed E-state index contributed by atoms with van der Waals surface area (Å²) >= 11 is 1.22. The van der Waals surface area contributed by atoms with E-state index in [9.17, 15) is 4.79 Å². The van der Waals surface area contributed by atoms with Crippen molar-refractivity contribution in [1.82, 2.24) is 4.98 Å². The standard InChI is InChI=1S/C12H9N3O2S/c13-7-9-1-3-10(4-2-9)15-11(16)8-18-12-14-5-6-17-12/h1-6H,8H2,(H,15,16). The average Bonchev–Trinajstić information content (AvgIpc) is 2.90. The van der Waals surface area contributed by atoms with Crippen LogP contribution in [0.15, 0.2) is 46.4 Å². The molecule has 1 N–H and O–H groups in total. The minimum absolute atomic E-state index is 0.150. The fourth-order valence-corrected chi connectivity index (χ4v) is 1.82. The van der Waals surface area contributed by atoms with Crippen LogP contribution in [-0.4, -0.2) is 16.6 Å². The molecule has 0 spiro atoms. The Kier molecular flexibility index (Phi) is 3.99. The van der Waals surface area contributed by atoms with Gasteiger partial charge in [0.1, 0.15) is 6.26 Å². The molecule has 0 radical (unpaired) electrons. The molecule has 0 bridgehead atoms. The van der Waals surface area contributed by atoms with Crippen LogP contribution in [0.25, 0.3) is 0 Å². The minimum atomic E-state index is -0.150. The Hall–Kier alpha value is -2.26. The van der Waals surface area contributed by atoms with Crippen molar-refractivity contribution in [3.63, 3.8) is 0 Å². The fourth-order valence-electron chi connectivity index (χ4n) is 1.23. The molecule has 0 aliphatic heterocycles. The van der Waals surface area contributed by atoms with Crippen molar-refractivity contribution in [2.75, 3.05) is 11.1 Å². The lowest BCUT2D eigenvalue weighted by Crippen LogP contribution is -2.13. The smallest absolute Gasteiger partial charge is 0.256 e. The highest BCUT2D eigenvalue weighted by Crippen LogP contribution is 2.15. The maximum Gasteiger partial charge on any atom is 0.256 e. The first kappa shape index (κ1) is 12.2. The van der Waals surface area contributed by atoms with Crippen molar-refractivity contribution < 1.29 is 9.21 Å². The highest BCUT2D eigenvalue weighted by molar-refractivity contribution is 7.99. The second-order valence-corrected chi connectivity index (χ2v) is 4.25. The first-order chi connectivity index (χ1) is 8.78. The lowest BCUT2D eigenvalue weighted by Gasteiger charge is -2.03. The molecule has 90 valence electrons. The van der Waals surface area contributed by atoms with Gasteiger partial charge in [0, 0.05) is 5.69 Å². The molecule has 0 unspecified atom stereocenters. The van der Waals surface area contributed by atoms with Gasteiger partial charge in [0.05, 0.1) is 23.6 Å². The lowest BCUT2D eigenvalue weighted by atomic mass is 10.2. The van der Waals surface area contributed by atoms with E-state index in [0.717, 1.165) is 0 Å². The molecule has 0 atom stereocenters. The zero-order chi connectivity index (χ0) is 12.8. The molecular weight excluding hydrogens is 250 g/mol. The molecule has 1 aromatic carbocycles. The second-order valence-electron chi connectivity index (χ2n) is 3.32. The predicted molar refractivity (Wildman–Crippen MR) is 67.0 cm³/mol. The van der Waals surface area contributed by atoms with Crippen LogP contribution in [0, 0.1) is 11.3 Å². The number of benzene rings is 1. The summed E-state index contributed by atoms with van der Waals surface area (Å²) < 4.78 is 5.00. The van der Waals surface area contributed by atoms with Gasteiger partial charge in [-0.25, -0.2) is 4.98 Å². The largest absolute Gasteiger partial charge is 0.440 e. The number of aromatic nitrogens is 1. The van der Waals surface area contributed by atoms with Crippen molar-refractivity contribution in [1.29, 1.82) is 5.26 Å². The molecule has 0 saturated heterocycles. The van der Waals surface area contributed by atoms with Gasteiger partial charge < -0.3 is 9.73 Å². The summed E-state index contributed by atoms with van der Waals surface area (Å²) in [6.45, 7) is 0. The van der Waals surface area contributed by atoms with E-state index in [2.05, 4.69) is 10.3 Å². The van der Waals surface area contributed by atoms with Crippen molar-refractivity contribution in [3.05, 3.63) is 42.3 Å². The number of nitrogens with zero attached hydrogens (tertiary/aromatic N) is 2. The van der Waals surface area contributed by atoms with Crippen LogP contribution < -0.4 is 5.32 Å². The van der Waals surface area contributed by atoms with E-state index in [1.807, 2.05) is 6.07 Å². The van der Waals surface area contributed by atoms with Crippen molar-refractivity contribution in [2.45, 2.75) is 5.22 Å². The number of hydrogen-bond donors (Lipinski definition) is 1. The number of anilines is 1. The average molecular weight is 259 g/mol. The molecule has 1 amide bonds. The van der Waals surface area contributed by atoms with Gasteiger partial charge in [-0.2, -0.15) is 5.26 Å². The predicted octanol–water partition coefficient (Wildman–Crippen LogP) is 2.28. The summed E-state index contributed by atoms with van der Waals surface area (Å²) in [5, 5.41) is 11.8. The summed E-state index contributed by atoms with van der Waals surface area (Å²) in [6, 6.07) is 8.69. The van der Waals surface area contributed by atoms with Crippen molar-refractivity contribution in [2.24, 2.45) is 0 Å². The van der Waals surface area contributed by atoms with Crippen LogP contribution in [-0.2, 0) is 4.79 Å². The van der Waals surface area contributed by atoms with Gasteiger partial charge in [0.25, 0.3) is 5.22 Å². The number of amides is 1. The van der Waals surface area contributed by atoms with E-state index in [0.29, 0.717) is 16.5 Å². The molecule has 18 heavy (non-hydrogen) atoms. The van der Waals surface area contributed by atoms with Crippen LogP contribution in [0.4, 0.5) is 5.69 Å². The van der Waals surface area contributed by atoms with E-state index >= 15 is 0 Å². The molecule has 2 rings (SSSR count). The van der Waals surface area contributed by atoms with Crippen LogP contribution >= 0.6 is 11.8 Å². The molecule has 1 heterocycles. The zero-order valence-corrected chi connectivity index (χ0v) is 10.1. The van der Waals surface area contributed by atoms with Crippen LogP contribution in [0.2, 0.25) is 0 Å². The quantitative estimate of drug-likeness (QED) is 0.852. The molecule has 5 nitrogen and oxygen atoms in total. The van der Waals surface area contributed by atoms with E-state index < -0.39 is 0 Å². The Balaban J connectivity index is 1.85. The highest BCUT2D eigenvalue weighted by atomic mass is 32.2. The summed E-state index contributed by atoms with van der Waals surface area (Å²) in [7, 11) is 0. The van der Waals surface area contributed by atoms with Crippen molar-refractivity contribution in [3.8, 4) is 6.07 Å². The minimum Gasteiger partial charge on any atom is -0.440 e. The topological polar surface area (TPSA) is 78.9 Å². The highest BCUT2D eigenvalue weighted by Gasteiger charge is 2.06. The summed E-state index contributed by atoms with van der Waals surface area (Å²) in [5.74, 6) is 0.0726. The Morgan fingerprint density at radius 1 is 1.44 bits per heavy atom. The molecule has 1 aromatic heterocycles. The molecule has 6 heteroatoms. The molecule has 0 aliphatic carbocycles. The Bertz CT molecular complexity index is 558. The Labute approximate surface area is 108 Å². The third kappa shape index (κ3) is 3.37. The maximum atomic E-state index is 11.6. The first-order valence-corrected chi connectivity index (χ1v) is 6.09. The van der Waals surface area contributed by atoms with Crippen LogP contribution in [0.3, 0.4) is 0 Å². The number of nitrogens with one attached hydrogen (secondary N) is 1. The molecule has 2 aromatic rings. The normalized spacial score (nSPS) is 9.72. The Morgan fingerprint density at radius 3 is 2.83 bits per heavy atom. The monoisotopic (exact) mass is 259 g/mol. The summed E-state index contributed by atoms with van der Waals surface area (Å²) in [6.07, 6.45) is 2.99. The summed E-state index contributed by atoms with van der Waals surface area (Å²) in [4.78, 5) is 15.5. The number of thioether (sulfide) groups is 1. The maximum absolute atomic E-state index is 11.6. The third-order valence-corrected chi connectivity index (χ3v) is 2.89. The van der Waals surface area contributed by atoms with Gasteiger partial charge in [-0.15, -0.1) is 0 Å². The number of oxazole rings is 1. The first-order valence-electron chi connectivity index (χ1n) is 5.10. The molecule has 0 fully saturated rings. The third-order valence-electron chi connectivity index (χ3n) is 2.03. The van der Waals surface area contributed by atoms with Gasteiger partial charge in [-0.3, -0.25) is 4.79 Å². The zero-order valence-electron chi connectivity index (χ0n) is 9.29. The van der Waals surface area contributed by atoms with Gasteiger partial charge in [-0.1, -0.05) is 11.8 Å².